The number of sulfonamides is 1. The van der Waals surface area contributed by atoms with E-state index < -0.39 is 15.8 Å². The molecular formula is C21H23FN4O3S. The lowest BCUT2D eigenvalue weighted by molar-refractivity contribution is 0.0951. The van der Waals surface area contributed by atoms with Crippen molar-refractivity contribution < 1.29 is 17.6 Å². The normalized spacial score (nSPS) is 11.3. The molecule has 1 heterocycles. The Morgan fingerprint density at radius 2 is 2.00 bits per heavy atom. The number of nitrogens with zero attached hydrogens (tertiary/aromatic N) is 2. The topological polar surface area (TPSA) is 93.1 Å². The lowest BCUT2D eigenvalue weighted by atomic mass is 10.1. The van der Waals surface area contributed by atoms with Crippen LogP contribution in [0.2, 0.25) is 0 Å². The van der Waals surface area contributed by atoms with Crippen LogP contribution >= 0.6 is 0 Å². The Bertz CT molecular complexity index is 1160. The van der Waals surface area contributed by atoms with Gasteiger partial charge in [-0.15, -0.1) is 0 Å². The average molecular weight is 431 g/mol. The molecule has 0 aliphatic heterocycles. The Kier molecular flexibility index (Phi) is 6.51. The van der Waals surface area contributed by atoms with Crippen molar-refractivity contribution in [2.24, 2.45) is 0 Å². The maximum absolute atomic E-state index is 14.5. The minimum absolute atomic E-state index is 0.00355. The Morgan fingerprint density at radius 1 is 1.20 bits per heavy atom. The molecule has 7 nitrogen and oxygen atoms in total. The molecule has 0 spiro atoms. The van der Waals surface area contributed by atoms with E-state index in [1.54, 1.807) is 61.1 Å². The fraction of sp³-hybridized carbons (Fsp3) is 0.238. The summed E-state index contributed by atoms with van der Waals surface area (Å²) >= 11 is 0. The van der Waals surface area contributed by atoms with Crippen molar-refractivity contribution in [2.75, 3.05) is 10.5 Å². The van der Waals surface area contributed by atoms with Gasteiger partial charge < -0.3 is 9.88 Å². The van der Waals surface area contributed by atoms with Crippen molar-refractivity contribution in [1.82, 2.24) is 14.9 Å². The van der Waals surface area contributed by atoms with Crippen LogP contribution in [0.3, 0.4) is 0 Å². The molecule has 30 heavy (non-hydrogen) atoms. The van der Waals surface area contributed by atoms with Crippen molar-refractivity contribution >= 4 is 21.6 Å². The molecule has 1 amide bonds. The van der Waals surface area contributed by atoms with E-state index in [1.165, 1.54) is 12.1 Å². The quantitative estimate of drug-likeness (QED) is 0.573. The van der Waals surface area contributed by atoms with E-state index in [0.717, 1.165) is 0 Å². The highest BCUT2D eigenvalue weighted by Gasteiger charge is 2.12. The molecule has 158 valence electrons. The van der Waals surface area contributed by atoms with Gasteiger partial charge in [-0.05, 0) is 49.2 Å². The predicted molar refractivity (Wildman–Crippen MR) is 114 cm³/mol. The van der Waals surface area contributed by atoms with Gasteiger partial charge in [-0.2, -0.15) is 0 Å². The standard InChI is InChI=1S/C21H23FN4O3S/c1-3-11-30(28,29)25-18-6-4-5-17(13-18)21(27)24-14-16-7-8-20(19(22)12-16)26-10-9-23-15(26)2/h4-10,12-13,25H,3,11,14H2,1-2H3,(H,24,27). The van der Waals surface area contributed by atoms with Gasteiger partial charge in [0, 0.05) is 30.2 Å². The molecule has 0 bridgehead atoms. The van der Waals surface area contributed by atoms with Gasteiger partial charge in [-0.25, -0.2) is 17.8 Å². The summed E-state index contributed by atoms with van der Waals surface area (Å²) in [5, 5.41) is 2.72. The minimum Gasteiger partial charge on any atom is -0.348 e. The Hall–Kier alpha value is -3.20. The molecule has 3 aromatic rings. The van der Waals surface area contributed by atoms with Gasteiger partial charge in [0.15, 0.2) is 0 Å². The van der Waals surface area contributed by atoms with E-state index in [4.69, 9.17) is 0 Å². The van der Waals surface area contributed by atoms with Crippen molar-refractivity contribution in [3.8, 4) is 5.69 Å². The van der Waals surface area contributed by atoms with Gasteiger partial charge in [0.05, 0.1) is 11.4 Å². The van der Waals surface area contributed by atoms with Crippen LogP contribution in [0.1, 0.15) is 35.1 Å². The monoisotopic (exact) mass is 430 g/mol. The van der Waals surface area contributed by atoms with Gasteiger partial charge in [-0.3, -0.25) is 9.52 Å². The number of hydrogen-bond acceptors (Lipinski definition) is 4. The third-order valence-electron chi connectivity index (χ3n) is 4.42. The molecule has 1 aromatic heterocycles. The fourth-order valence-electron chi connectivity index (χ4n) is 3.00. The second kappa shape index (κ2) is 9.08. The van der Waals surface area contributed by atoms with Crippen LogP contribution in [-0.2, 0) is 16.6 Å². The lowest BCUT2D eigenvalue weighted by Gasteiger charge is -2.11. The van der Waals surface area contributed by atoms with Crippen LogP contribution in [0.15, 0.2) is 54.9 Å². The van der Waals surface area contributed by atoms with Crippen LogP contribution in [0, 0.1) is 12.7 Å². The van der Waals surface area contributed by atoms with Crippen molar-refractivity contribution in [2.45, 2.75) is 26.8 Å². The van der Waals surface area contributed by atoms with Gasteiger partial charge >= 0.3 is 0 Å². The van der Waals surface area contributed by atoms with E-state index in [1.807, 2.05) is 0 Å². The second-order valence-electron chi connectivity index (χ2n) is 6.81. The first-order valence-electron chi connectivity index (χ1n) is 9.46. The summed E-state index contributed by atoms with van der Waals surface area (Å²) in [7, 11) is -3.44. The summed E-state index contributed by atoms with van der Waals surface area (Å²) in [5.41, 5.74) is 1.61. The molecule has 0 saturated carbocycles. The summed E-state index contributed by atoms with van der Waals surface area (Å²) in [6.07, 6.45) is 3.77. The van der Waals surface area contributed by atoms with E-state index in [9.17, 15) is 17.6 Å². The largest absolute Gasteiger partial charge is 0.348 e. The van der Waals surface area contributed by atoms with Gasteiger partial charge in [0.25, 0.3) is 5.91 Å². The molecule has 0 radical (unpaired) electrons. The van der Waals surface area contributed by atoms with E-state index >= 15 is 0 Å². The Labute approximate surface area is 175 Å². The van der Waals surface area contributed by atoms with Gasteiger partial charge in [-0.1, -0.05) is 19.1 Å². The average Bonchev–Trinajstić information content (AvgIpc) is 3.11. The molecule has 0 atom stereocenters. The number of rotatable bonds is 8. The number of hydrogen-bond donors (Lipinski definition) is 2. The zero-order valence-corrected chi connectivity index (χ0v) is 17.5. The summed E-state index contributed by atoms with van der Waals surface area (Å²) < 4.78 is 42.4. The summed E-state index contributed by atoms with van der Waals surface area (Å²) in [5.74, 6) is -0.134. The Balaban J connectivity index is 1.67. The molecule has 0 unspecified atom stereocenters. The zero-order chi connectivity index (χ0) is 21.7. The number of imidazole rings is 1. The minimum atomic E-state index is -3.44. The third kappa shape index (κ3) is 5.24. The highest BCUT2D eigenvalue weighted by atomic mass is 32.2. The molecule has 0 saturated heterocycles. The van der Waals surface area contributed by atoms with Crippen LogP contribution in [0.25, 0.3) is 5.69 Å². The molecule has 0 fully saturated rings. The van der Waals surface area contributed by atoms with E-state index in [2.05, 4.69) is 15.0 Å². The second-order valence-corrected chi connectivity index (χ2v) is 8.66. The van der Waals surface area contributed by atoms with Crippen LogP contribution in [0.4, 0.5) is 10.1 Å². The number of halogens is 1. The maximum Gasteiger partial charge on any atom is 0.251 e. The summed E-state index contributed by atoms with van der Waals surface area (Å²) in [6, 6.07) is 11.0. The number of amides is 1. The molecule has 2 aromatic carbocycles. The van der Waals surface area contributed by atoms with E-state index in [0.29, 0.717) is 34.7 Å². The number of carbonyl (C=O) groups is 1. The van der Waals surface area contributed by atoms with Gasteiger partial charge in [0.2, 0.25) is 10.0 Å². The van der Waals surface area contributed by atoms with Crippen LogP contribution in [-0.4, -0.2) is 29.6 Å². The first-order chi connectivity index (χ1) is 14.3. The number of anilines is 1. The van der Waals surface area contributed by atoms with Crippen molar-refractivity contribution in [3.63, 3.8) is 0 Å². The maximum atomic E-state index is 14.5. The highest BCUT2D eigenvalue weighted by molar-refractivity contribution is 7.92. The highest BCUT2D eigenvalue weighted by Crippen LogP contribution is 2.17. The molecule has 3 rings (SSSR count). The number of carbonyl (C=O) groups excluding carboxylic acids is 1. The number of nitrogens with one attached hydrogen (secondary N) is 2. The van der Waals surface area contributed by atoms with E-state index in [-0.39, 0.29) is 18.2 Å². The molecule has 0 aliphatic rings. The number of aromatic nitrogens is 2. The van der Waals surface area contributed by atoms with Gasteiger partial charge in [0.1, 0.15) is 11.6 Å². The zero-order valence-electron chi connectivity index (χ0n) is 16.7. The van der Waals surface area contributed by atoms with Crippen molar-refractivity contribution in [3.05, 3.63) is 77.6 Å². The third-order valence-corrected chi connectivity index (χ3v) is 5.91. The Morgan fingerprint density at radius 3 is 2.67 bits per heavy atom. The smallest absolute Gasteiger partial charge is 0.251 e. The predicted octanol–water partition coefficient (Wildman–Crippen LogP) is 3.40. The van der Waals surface area contributed by atoms with Crippen molar-refractivity contribution in [1.29, 1.82) is 0 Å². The number of aryl methyl sites for hydroxylation is 1. The number of benzene rings is 2. The lowest BCUT2D eigenvalue weighted by Crippen LogP contribution is -2.23. The first kappa shape index (κ1) is 21.5. The molecular weight excluding hydrogens is 407 g/mol. The molecule has 9 heteroatoms. The van der Waals surface area contributed by atoms with Crippen LogP contribution in [0.5, 0.6) is 0 Å². The summed E-state index contributed by atoms with van der Waals surface area (Å²) in [4.78, 5) is 16.5. The SMILES string of the molecule is CCCS(=O)(=O)Nc1cccc(C(=O)NCc2ccc(-n3ccnc3C)c(F)c2)c1. The molecule has 2 N–H and O–H groups in total. The summed E-state index contributed by atoms with van der Waals surface area (Å²) in [6.45, 7) is 3.68. The van der Waals surface area contributed by atoms with Crippen LogP contribution < -0.4 is 10.0 Å². The molecule has 0 aliphatic carbocycles. The first-order valence-corrected chi connectivity index (χ1v) is 11.1. The fourth-order valence-corrected chi connectivity index (χ4v) is 4.12.